The first-order chi connectivity index (χ1) is 15.1. The summed E-state index contributed by atoms with van der Waals surface area (Å²) < 4.78 is 58.2. The molecule has 1 fully saturated rings. The average molecular weight is 469 g/mol. The number of methoxy groups -OCH3 is 1. The van der Waals surface area contributed by atoms with Crippen LogP contribution >= 0.6 is 0 Å². The molecule has 1 aliphatic heterocycles. The summed E-state index contributed by atoms with van der Waals surface area (Å²) in [5.74, 6) is -1.53. The molecule has 2 heterocycles. The lowest BCUT2D eigenvalue weighted by Crippen LogP contribution is -2.48. The van der Waals surface area contributed by atoms with Gasteiger partial charge in [-0.1, -0.05) is 0 Å². The third kappa shape index (κ3) is 5.52. The fraction of sp³-hybridized carbons (Fsp3) is 0.429. The Kier molecular flexibility index (Phi) is 7.29. The number of nitrogens with zero attached hydrogens (tertiary/aromatic N) is 2. The molecule has 0 unspecified atom stereocenters. The molecule has 0 atom stereocenters. The summed E-state index contributed by atoms with van der Waals surface area (Å²) in [5.41, 5.74) is 0.150. The van der Waals surface area contributed by atoms with Crippen LogP contribution in [0.4, 0.5) is 20.3 Å². The van der Waals surface area contributed by atoms with E-state index in [0.29, 0.717) is 25.9 Å². The van der Waals surface area contributed by atoms with E-state index in [1.165, 1.54) is 23.5 Å². The van der Waals surface area contributed by atoms with E-state index in [4.69, 9.17) is 4.74 Å². The fourth-order valence-corrected chi connectivity index (χ4v) is 4.74. The smallest absolute Gasteiger partial charge is 0.274 e. The highest BCUT2D eigenvalue weighted by Crippen LogP contribution is 2.24. The SMILES string of the molecule is COc1ccc(Nc2cc(F)cc(F)c2)nc1C(=O)NC1CCN(S(=O)(=O)C(C)C)CC1. The first-order valence-electron chi connectivity index (χ1n) is 10.2. The Morgan fingerprint density at radius 1 is 1.16 bits per heavy atom. The third-order valence-electron chi connectivity index (χ3n) is 5.17. The van der Waals surface area contributed by atoms with Crippen molar-refractivity contribution in [3.63, 3.8) is 0 Å². The maximum atomic E-state index is 13.4. The molecule has 8 nitrogen and oxygen atoms in total. The minimum Gasteiger partial charge on any atom is -0.494 e. The predicted molar refractivity (Wildman–Crippen MR) is 117 cm³/mol. The average Bonchev–Trinajstić information content (AvgIpc) is 2.73. The Hall–Kier alpha value is -2.79. The van der Waals surface area contributed by atoms with Crippen LogP contribution in [-0.2, 0) is 10.0 Å². The van der Waals surface area contributed by atoms with Gasteiger partial charge in [-0.2, -0.15) is 0 Å². The molecule has 1 saturated heterocycles. The van der Waals surface area contributed by atoms with Gasteiger partial charge in [0, 0.05) is 30.9 Å². The predicted octanol–water partition coefficient (Wildman–Crippen LogP) is 3.04. The molecule has 174 valence electrons. The zero-order valence-electron chi connectivity index (χ0n) is 18.1. The summed E-state index contributed by atoms with van der Waals surface area (Å²) in [4.78, 5) is 17.1. The van der Waals surface area contributed by atoms with Crippen molar-refractivity contribution in [2.45, 2.75) is 38.0 Å². The van der Waals surface area contributed by atoms with Crippen molar-refractivity contribution >= 4 is 27.4 Å². The fourth-order valence-electron chi connectivity index (χ4n) is 3.42. The van der Waals surface area contributed by atoms with Crippen molar-refractivity contribution in [2.24, 2.45) is 0 Å². The Bertz CT molecular complexity index is 1070. The number of halogens is 2. The third-order valence-corrected chi connectivity index (χ3v) is 7.45. The lowest BCUT2D eigenvalue weighted by Gasteiger charge is -2.32. The van der Waals surface area contributed by atoms with Crippen molar-refractivity contribution in [2.75, 3.05) is 25.5 Å². The van der Waals surface area contributed by atoms with Crippen LogP contribution in [0.3, 0.4) is 0 Å². The van der Waals surface area contributed by atoms with Crippen LogP contribution in [0.2, 0.25) is 0 Å². The maximum Gasteiger partial charge on any atom is 0.274 e. The first kappa shape index (κ1) is 23.9. The molecule has 0 spiro atoms. The van der Waals surface area contributed by atoms with Gasteiger partial charge in [-0.15, -0.1) is 0 Å². The monoisotopic (exact) mass is 468 g/mol. The van der Waals surface area contributed by atoms with Crippen molar-refractivity contribution < 1.29 is 26.7 Å². The second kappa shape index (κ2) is 9.78. The second-order valence-corrected chi connectivity index (χ2v) is 10.3. The topological polar surface area (TPSA) is 101 Å². The summed E-state index contributed by atoms with van der Waals surface area (Å²) >= 11 is 0. The molecule has 0 bridgehead atoms. The molecule has 1 aromatic carbocycles. The number of anilines is 2. The Morgan fingerprint density at radius 3 is 2.34 bits per heavy atom. The Labute approximate surface area is 186 Å². The van der Waals surface area contributed by atoms with Gasteiger partial charge in [0.2, 0.25) is 10.0 Å². The van der Waals surface area contributed by atoms with Gasteiger partial charge < -0.3 is 15.4 Å². The van der Waals surface area contributed by atoms with Gasteiger partial charge >= 0.3 is 0 Å². The van der Waals surface area contributed by atoms with E-state index in [9.17, 15) is 22.0 Å². The number of nitrogens with one attached hydrogen (secondary N) is 2. The molecule has 1 amide bonds. The number of aromatic nitrogens is 1. The summed E-state index contributed by atoms with van der Waals surface area (Å²) in [6, 6.07) is 5.79. The molecular weight excluding hydrogens is 442 g/mol. The van der Waals surface area contributed by atoms with E-state index < -0.39 is 32.8 Å². The van der Waals surface area contributed by atoms with Gasteiger partial charge in [0.05, 0.1) is 12.4 Å². The van der Waals surface area contributed by atoms with Crippen LogP contribution in [0.5, 0.6) is 5.75 Å². The number of benzene rings is 1. The quantitative estimate of drug-likeness (QED) is 0.648. The number of amides is 1. The van der Waals surface area contributed by atoms with E-state index >= 15 is 0 Å². The highest BCUT2D eigenvalue weighted by atomic mass is 32.2. The molecule has 0 aliphatic carbocycles. The van der Waals surface area contributed by atoms with Gasteiger partial charge in [0.15, 0.2) is 5.69 Å². The van der Waals surface area contributed by atoms with Crippen molar-refractivity contribution in [3.8, 4) is 5.75 Å². The maximum absolute atomic E-state index is 13.4. The minimum absolute atomic E-state index is 0.00612. The number of ether oxygens (including phenoxy) is 1. The van der Waals surface area contributed by atoms with Gasteiger partial charge in [-0.3, -0.25) is 4.79 Å². The summed E-state index contributed by atoms with van der Waals surface area (Å²) in [6.45, 7) is 3.92. The number of carbonyl (C=O) groups excluding carboxylic acids is 1. The molecule has 1 aromatic heterocycles. The lowest BCUT2D eigenvalue weighted by molar-refractivity contribution is 0.0915. The number of hydrogen-bond donors (Lipinski definition) is 2. The zero-order valence-corrected chi connectivity index (χ0v) is 18.9. The number of hydrogen-bond acceptors (Lipinski definition) is 6. The van der Waals surface area contributed by atoms with E-state index in [-0.39, 0.29) is 29.0 Å². The highest BCUT2D eigenvalue weighted by Gasteiger charge is 2.31. The van der Waals surface area contributed by atoms with Gasteiger partial charge in [0.1, 0.15) is 23.2 Å². The second-order valence-electron chi connectivity index (χ2n) is 7.77. The molecule has 32 heavy (non-hydrogen) atoms. The Balaban J connectivity index is 1.70. The molecule has 1 aliphatic rings. The van der Waals surface area contributed by atoms with Crippen LogP contribution in [0.15, 0.2) is 30.3 Å². The molecule has 0 radical (unpaired) electrons. The van der Waals surface area contributed by atoms with E-state index in [0.717, 1.165) is 18.2 Å². The number of pyridine rings is 1. The molecular formula is C21H26F2N4O4S. The van der Waals surface area contributed by atoms with Crippen LogP contribution in [0, 0.1) is 11.6 Å². The number of rotatable bonds is 7. The molecule has 0 saturated carbocycles. The molecule has 2 aromatic rings. The summed E-state index contributed by atoms with van der Waals surface area (Å²) in [5, 5.41) is 5.14. The largest absolute Gasteiger partial charge is 0.494 e. The number of sulfonamides is 1. The minimum atomic E-state index is -3.33. The standard InChI is InChI=1S/C21H26F2N4O4S/c1-13(2)32(29,30)27-8-6-16(7-9-27)25-21(28)20-18(31-3)4-5-19(26-20)24-17-11-14(22)10-15(23)12-17/h4-5,10-13,16H,6-9H2,1-3H3,(H,24,26)(H,25,28). The van der Waals surface area contributed by atoms with E-state index in [2.05, 4.69) is 15.6 Å². The highest BCUT2D eigenvalue weighted by molar-refractivity contribution is 7.89. The van der Waals surface area contributed by atoms with E-state index in [1.54, 1.807) is 13.8 Å². The van der Waals surface area contributed by atoms with Crippen molar-refractivity contribution in [1.29, 1.82) is 0 Å². The first-order valence-corrected chi connectivity index (χ1v) is 11.7. The van der Waals surface area contributed by atoms with Crippen LogP contribution in [0.25, 0.3) is 0 Å². The van der Waals surface area contributed by atoms with Gasteiger partial charge in [0.25, 0.3) is 5.91 Å². The van der Waals surface area contributed by atoms with Crippen LogP contribution in [-0.4, -0.2) is 55.1 Å². The van der Waals surface area contributed by atoms with E-state index in [1.807, 2.05) is 0 Å². The number of carbonyl (C=O) groups is 1. The normalized spacial score (nSPS) is 15.6. The number of piperidine rings is 1. The van der Waals surface area contributed by atoms with Crippen LogP contribution in [0.1, 0.15) is 37.2 Å². The zero-order chi connectivity index (χ0) is 23.5. The summed E-state index contributed by atoms with van der Waals surface area (Å²) in [7, 11) is -1.93. The Morgan fingerprint density at radius 2 is 1.78 bits per heavy atom. The van der Waals surface area contributed by atoms with Crippen LogP contribution < -0.4 is 15.4 Å². The van der Waals surface area contributed by atoms with Crippen molar-refractivity contribution in [3.05, 3.63) is 47.7 Å². The van der Waals surface area contributed by atoms with Gasteiger partial charge in [-0.05, 0) is 51.0 Å². The summed E-state index contributed by atoms with van der Waals surface area (Å²) in [6.07, 6.45) is 0.945. The molecule has 3 rings (SSSR count). The molecule has 2 N–H and O–H groups in total. The van der Waals surface area contributed by atoms with Crippen molar-refractivity contribution in [1.82, 2.24) is 14.6 Å². The lowest BCUT2D eigenvalue weighted by atomic mass is 10.1. The molecule has 11 heteroatoms. The van der Waals surface area contributed by atoms with Gasteiger partial charge in [-0.25, -0.2) is 26.5 Å².